The molecule has 2 aliphatic carbocycles. The highest BCUT2D eigenvalue weighted by Gasteiger charge is 2.66. The molecular weight excluding hydrogens is 559 g/mol. The van der Waals surface area contributed by atoms with Gasteiger partial charge in [-0.05, 0) is 65.5 Å². The molecule has 4 aromatic rings. The topological polar surface area (TPSA) is 60.4 Å². The number of esters is 1. The van der Waals surface area contributed by atoms with Crippen LogP contribution in [0, 0.1) is 16.7 Å². The van der Waals surface area contributed by atoms with Crippen molar-refractivity contribution in [2.45, 2.75) is 44.1 Å². The summed E-state index contributed by atoms with van der Waals surface area (Å²) in [4.78, 5) is 14.5. The molecule has 0 radical (unpaired) electrons. The molecule has 2 saturated carbocycles. The van der Waals surface area contributed by atoms with Gasteiger partial charge in [-0.3, -0.25) is 0 Å². The Hall–Kier alpha value is -3.40. The predicted octanol–water partition coefficient (Wildman–Crippen LogP) is 5.99. The van der Waals surface area contributed by atoms with Gasteiger partial charge in [-0.1, -0.05) is 123 Å². The molecule has 2 bridgehead atoms. The molecular formula is C36H37O4PS. The van der Waals surface area contributed by atoms with E-state index in [1.165, 1.54) is 0 Å². The number of carbonyl (C=O) groups is 1. The largest absolute Gasteiger partial charge is 0.459 e. The second-order valence-corrected chi connectivity index (χ2v) is 17.4. The zero-order chi connectivity index (χ0) is 29.4. The number of rotatable bonds is 8. The number of hydrogen-bond acceptors (Lipinski definition) is 4. The van der Waals surface area contributed by atoms with Crippen molar-refractivity contribution in [3.63, 3.8) is 0 Å². The summed E-state index contributed by atoms with van der Waals surface area (Å²) in [5.41, 5.74) is -0.923. The fraction of sp³-hybridized carbons (Fsp3) is 0.278. The second-order valence-electron chi connectivity index (χ2n) is 12.2. The lowest BCUT2D eigenvalue weighted by Crippen LogP contribution is -2.46. The smallest absolute Gasteiger partial charge is 0.332 e. The fourth-order valence-corrected chi connectivity index (χ4v) is 13.3. The van der Waals surface area contributed by atoms with Crippen LogP contribution in [0.4, 0.5) is 0 Å². The van der Waals surface area contributed by atoms with E-state index in [2.05, 4.69) is 50.2 Å². The van der Waals surface area contributed by atoms with Crippen molar-refractivity contribution in [3.05, 3.63) is 121 Å². The molecule has 4 aromatic carbocycles. The third-order valence-corrected chi connectivity index (χ3v) is 15.8. The van der Waals surface area contributed by atoms with Gasteiger partial charge >= 0.3 is 5.97 Å². The average Bonchev–Trinajstić information content (AvgIpc) is 3.36. The first-order valence-corrected chi connectivity index (χ1v) is 18.1. The second kappa shape index (κ2) is 11.0. The minimum Gasteiger partial charge on any atom is -0.459 e. The molecule has 2 aliphatic rings. The van der Waals surface area contributed by atoms with E-state index < -0.39 is 28.2 Å². The van der Waals surface area contributed by atoms with E-state index in [-0.39, 0.29) is 17.1 Å². The highest BCUT2D eigenvalue weighted by atomic mass is 32.2. The van der Waals surface area contributed by atoms with E-state index in [9.17, 15) is 13.2 Å². The molecule has 6 heteroatoms. The van der Waals surface area contributed by atoms with Crippen LogP contribution in [0.25, 0.3) is 0 Å². The molecule has 0 heterocycles. The maximum atomic E-state index is 14.2. The molecule has 6 rings (SSSR count). The highest BCUT2D eigenvalue weighted by Crippen LogP contribution is 2.67. The van der Waals surface area contributed by atoms with Crippen LogP contribution in [0.15, 0.2) is 126 Å². The van der Waals surface area contributed by atoms with E-state index in [1.807, 2.05) is 66.5 Å². The average molecular weight is 597 g/mol. The van der Waals surface area contributed by atoms with Gasteiger partial charge in [0, 0.05) is 11.2 Å². The lowest BCUT2D eigenvalue weighted by atomic mass is 9.69. The molecule has 42 heavy (non-hydrogen) atoms. The van der Waals surface area contributed by atoms with E-state index >= 15 is 0 Å². The minimum atomic E-state index is -3.59. The van der Waals surface area contributed by atoms with Crippen LogP contribution >= 0.6 is 6.89 Å². The first-order valence-electron chi connectivity index (χ1n) is 14.6. The Balaban J connectivity index is 1.44. The summed E-state index contributed by atoms with van der Waals surface area (Å²) in [6, 6.07) is 39.2. The van der Waals surface area contributed by atoms with Crippen molar-refractivity contribution >= 4 is 44.4 Å². The minimum absolute atomic E-state index is 0.0260. The van der Waals surface area contributed by atoms with Crippen LogP contribution in [0.1, 0.15) is 33.1 Å². The van der Waals surface area contributed by atoms with Gasteiger partial charge in [0.1, 0.15) is 6.10 Å². The Kier molecular flexibility index (Phi) is 7.53. The number of fused-ring (bicyclic) bond motifs is 2. The van der Waals surface area contributed by atoms with Crippen molar-refractivity contribution in [1.29, 1.82) is 0 Å². The van der Waals surface area contributed by atoms with Crippen LogP contribution in [-0.4, -0.2) is 32.0 Å². The number of ether oxygens (including phenoxy) is 1. The molecule has 0 amide bonds. The van der Waals surface area contributed by atoms with Crippen molar-refractivity contribution < 1.29 is 17.9 Å². The summed E-state index contributed by atoms with van der Waals surface area (Å²) in [6.07, 6.45) is 1.89. The Morgan fingerprint density at radius 2 is 1.24 bits per heavy atom. The molecule has 4 nitrogen and oxygen atoms in total. The molecule has 0 spiro atoms. The van der Waals surface area contributed by atoms with Crippen molar-refractivity contribution in [3.8, 4) is 0 Å². The highest BCUT2D eigenvalue weighted by molar-refractivity contribution is 7.95. The summed E-state index contributed by atoms with van der Waals surface area (Å²) in [7, 11) is -3.59. The standard InChI is InChI=1S/C36H37O4PS/c1-35(2)28-23-24-36(35,27-42(38,39)32-21-13-6-14-22-32)33(25-28)40-34(37)26-41(29-15-7-3-8-16-29,30-17-9-4-10-18-30)31-19-11-5-12-20-31/h3-22,26,28,33H,23-25,27H2,1-2H3/t28-,33-,36+/m1/s1. The molecule has 0 unspecified atom stereocenters. The van der Waals surface area contributed by atoms with Crippen LogP contribution in [0.3, 0.4) is 0 Å². The summed E-state index contributed by atoms with van der Waals surface area (Å²) in [5.74, 6) is 1.70. The van der Waals surface area contributed by atoms with E-state index in [0.29, 0.717) is 17.2 Å². The van der Waals surface area contributed by atoms with Gasteiger partial charge in [-0.25, -0.2) is 13.2 Å². The zero-order valence-electron chi connectivity index (χ0n) is 24.1. The predicted molar refractivity (Wildman–Crippen MR) is 173 cm³/mol. The maximum absolute atomic E-state index is 14.2. The van der Waals surface area contributed by atoms with Gasteiger partial charge in [0.25, 0.3) is 0 Å². The van der Waals surface area contributed by atoms with E-state index in [4.69, 9.17) is 4.74 Å². The molecule has 0 aliphatic heterocycles. The third kappa shape index (κ3) is 4.77. The molecule has 216 valence electrons. The lowest BCUT2D eigenvalue weighted by molar-refractivity contribution is -0.147. The molecule has 3 atom stereocenters. The Labute approximate surface area is 249 Å². The van der Waals surface area contributed by atoms with Crippen molar-refractivity contribution in [2.24, 2.45) is 16.7 Å². The molecule has 0 aromatic heterocycles. The normalized spacial score (nSPS) is 22.9. The van der Waals surface area contributed by atoms with Gasteiger partial charge in [0.2, 0.25) is 0 Å². The van der Waals surface area contributed by atoms with Gasteiger partial charge in [-0.15, -0.1) is 0 Å². The monoisotopic (exact) mass is 596 g/mol. The van der Waals surface area contributed by atoms with Crippen molar-refractivity contribution in [2.75, 3.05) is 5.75 Å². The van der Waals surface area contributed by atoms with Gasteiger partial charge < -0.3 is 4.74 Å². The number of carbonyl (C=O) groups excluding carboxylic acids is 1. The van der Waals surface area contributed by atoms with Gasteiger partial charge in [0.05, 0.1) is 10.6 Å². The van der Waals surface area contributed by atoms with Crippen LogP contribution in [-0.2, 0) is 19.4 Å². The SMILES string of the molecule is CC1(C)[C@@H]2CC[C@]1(CS(=O)(=O)c1ccccc1)[C@H](OC(=O)C=P(c1ccccc1)(c1ccccc1)c1ccccc1)C2. The van der Waals surface area contributed by atoms with E-state index in [1.54, 1.807) is 24.3 Å². The van der Waals surface area contributed by atoms with E-state index in [0.717, 1.165) is 28.8 Å². The summed E-state index contributed by atoms with van der Waals surface area (Å²) < 4.78 is 33.9. The summed E-state index contributed by atoms with van der Waals surface area (Å²) >= 11 is 0. The number of sulfone groups is 1. The number of benzene rings is 4. The van der Waals surface area contributed by atoms with Crippen LogP contribution < -0.4 is 15.9 Å². The first-order chi connectivity index (χ1) is 20.2. The quantitative estimate of drug-likeness (QED) is 0.185. The van der Waals surface area contributed by atoms with Gasteiger partial charge in [0.15, 0.2) is 9.84 Å². The summed E-state index contributed by atoms with van der Waals surface area (Å²) in [5, 5.41) is 3.19. The zero-order valence-corrected chi connectivity index (χ0v) is 25.8. The van der Waals surface area contributed by atoms with Crippen LogP contribution in [0.5, 0.6) is 0 Å². The molecule has 0 N–H and O–H groups in total. The van der Waals surface area contributed by atoms with Gasteiger partial charge in [-0.2, -0.15) is 0 Å². The third-order valence-electron chi connectivity index (χ3n) is 9.96. The molecule has 0 saturated heterocycles. The fourth-order valence-electron chi connectivity index (χ4n) is 7.54. The maximum Gasteiger partial charge on any atom is 0.332 e. The van der Waals surface area contributed by atoms with Crippen LogP contribution in [0.2, 0.25) is 0 Å². The Bertz CT molecular complexity index is 1620. The summed E-state index contributed by atoms with van der Waals surface area (Å²) in [6.45, 7) is 1.79. The van der Waals surface area contributed by atoms with Crippen molar-refractivity contribution in [1.82, 2.24) is 0 Å². The number of hydrogen-bond donors (Lipinski definition) is 0. The first kappa shape index (κ1) is 28.7. The Morgan fingerprint density at radius 3 is 1.69 bits per heavy atom. The lowest BCUT2D eigenvalue weighted by Gasteiger charge is -2.41. The Morgan fingerprint density at radius 1 is 0.786 bits per heavy atom. The molecule has 2 fully saturated rings.